The lowest BCUT2D eigenvalue weighted by molar-refractivity contribution is 0.336. The molecule has 0 amide bonds. The third kappa shape index (κ3) is 4.01. The molecule has 1 aliphatic heterocycles. The highest BCUT2D eigenvalue weighted by Gasteiger charge is 2.21. The zero-order chi connectivity index (χ0) is 13.8. The van der Waals surface area contributed by atoms with E-state index in [1.807, 2.05) is 12.1 Å². The fraction of sp³-hybridized carbons (Fsp3) is 0.600. The van der Waals surface area contributed by atoms with Gasteiger partial charge in [0.2, 0.25) is 0 Å². The highest BCUT2D eigenvalue weighted by Crippen LogP contribution is 2.22. The zero-order valence-electron chi connectivity index (χ0n) is 11.6. The van der Waals surface area contributed by atoms with Crippen molar-refractivity contribution in [3.8, 4) is 0 Å². The molecule has 0 radical (unpaired) electrons. The van der Waals surface area contributed by atoms with E-state index in [1.54, 1.807) is 0 Å². The van der Waals surface area contributed by atoms with Gasteiger partial charge in [-0.3, -0.25) is 0 Å². The lowest BCUT2D eigenvalue weighted by atomic mass is 10.1. The molecule has 0 spiro atoms. The van der Waals surface area contributed by atoms with Gasteiger partial charge in [-0.1, -0.05) is 13.0 Å². The molecule has 2 rings (SSSR count). The Morgan fingerprint density at radius 1 is 1.53 bits per heavy atom. The third-order valence-electron chi connectivity index (χ3n) is 3.97. The molecule has 2 atom stereocenters. The average molecular weight is 329 g/mol. The van der Waals surface area contributed by atoms with Gasteiger partial charge in [0.1, 0.15) is 5.82 Å². The van der Waals surface area contributed by atoms with Gasteiger partial charge in [-0.2, -0.15) is 0 Å². The van der Waals surface area contributed by atoms with Crippen molar-refractivity contribution in [2.24, 2.45) is 5.92 Å². The number of rotatable bonds is 5. The molecular weight excluding hydrogens is 307 g/mol. The third-order valence-corrected chi connectivity index (χ3v) is 4.58. The van der Waals surface area contributed by atoms with E-state index >= 15 is 0 Å². The van der Waals surface area contributed by atoms with Gasteiger partial charge in [0.05, 0.1) is 4.47 Å². The van der Waals surface area contributed by atoms with Crippen molar-refractivity contribution in [3.05, 3.63) is 34.1 Å². The monoisotopic (exact) mass is 328 g/mol. The van der Waals surface area contributed by atoms with Crippen LogP contribution in [0.3, 0.4) is 0 Å². The summed E-state index contributed by atoms with van der Waals surface area (Å²) in [6.45, 7) is 8.95. The Hall–Kier alpha value is -0.450. The molecule has 4 heteroatoms. The summed E-state index contributed by atoms with van der Waals surface area (Å²) < 4.78 is 13.7. The Kier molecular flexibility index (Phi) is 5.37. The summed E-state index contributed by atoms with van der Waals surface area (Å²) in [5, 5.41) is 3.56. The van der Waals surface area contributed by atoms with Crippen LogP contribution in [0.5, 0.6) is 0 Å². The molecule has 2 unspecified atom stereocenters. The molecule has 2 nitrogen and oxygen atoms in total. The largest absolute Gasteiger partial charge is 0.310 e. The Morgan fingerprint density at radius 3 is 2.95 bits per heavy atom. The predicted molar refractivity (Wildman–Crippen MR) is 80.7 cm³/mol. The first-order chi connectivity index (χ1) is 9.10. The molecular formula is C15H22BrFN2. The number of hydrogen-bond donors (Lipinski definition) is 1. The van der Waals surface area contributed by atoms with E-state index in [-0.39, 0.29) is 11.9 Å². The molecule has 1 heterocycles. The van der Waals surface area contributed by atoms with Crippen molar-refractivity contribution in [3.63, 3.8) is 0 Å². The standard InChI is InChI=1S/C15H22BrFN2/c1-3-19-7-6-12(10-19)9-18-11(2)13-4-5-15(17)14(16)8-13/h4-5,8,11-12,18H,3,6-7,9-10H2,1-2H3. The van der Waals surface area contributed by atoms with E-state index in [0.29, 0.717) is 4.47 Å². The first kappa shape index (κ1) is 14.9. The van der Waals surface area contributed by atoms with Crippen molar-refractivity contribution < 1.29 is 4.39 Å². The van der Waals surface area contributed by atoms with Crippen molar-refractivity contribution in [2.45, 2.75) is 26.3 Å². The van der Waals surface area contributed by atoms with Crippen LogP contribution in [0, 0.1) is 11.7 Å². The van der Waals surface area contributed by atoms with E-state index in [1.165, 1.54) is 25.6 Å². The molecule has 1 aliphatic rings. The van der Waals surface area contributed by atoms with Crippen LogP contribution in [0.15, 0.2) is 22.7 Å². The summed E-state index contributed by atoms with van der Waals surface area (Å²) in [5.41, 5.74) is 1.12. The zero-order valence-corrected chi connectivity index (χ0v) is 13.2. The second-order valence-corrected chi connectivity index (χ2v) is 6.21. The highest BCUT2D eigenvalue weighted by atomic mass is 79.9. The normalized spacial score (nSPS) is 21.8. The van der Waals surface area contributed by atoms with Crippen LogP contribution in [-0.4, -0.2) is 31.1 Å². The number of hydrogen-bond acceptors (Lipinski definition) is 2. The maximum Gasteiger partial charge on any atom is 0.137 e. The van der Waals surface area contributed by atoms with Crippen LogP contribution < -0.4 is 5.32 Å². The Morgan fingerprint density at radius 2 is 2.32 bits per heavy atom. The van der Waals surface area contributed by atoms with E-state index < -0.39 is 0 Å². The summed E-state index contributed by atoms with van der Waals surface area (Å²) in [4.78, 5) is 2.49. The Labute approximate surface area is 123 Å². The number of likely N-dealkylation sites (tertiary alicyclic amines) is 1. The molecule has 19 heavy (non-hydrogen) atoms. The van der Waals surface area contributed by atoms with Crippen LogP contribution in [0.4, 0.5) is 4.39 Å². The number of nitrogens with zero attached hydrogens (tertiary/aromatic N) is 1. The summed E-state index contributed by atoms with van der Waals surface area (Å²) in [6.07, 6.45) is 1.28. The number of benzene rings is 1. The van der Waals surface area contributed by atoms with E-state index in [0.717, 1.165) is 24.6 Å². The smallest absolute Gasteiger partial charge is 0.137 e. The number of halogens is 2. The second kappa shape index (κ2) is 6.82. The lowest BCUT2D eigenvalue weighted by Gasteiger charge is -2.18. The summed E-state index contributed by atoms with van der Waals surface area (Å²) >= 11 is 3.24. The lowest BCUT2D eigenvalue weighted by Crippen LogP contribution is -2.28. The van der Waals surface area contributed by atoms with E-state index in [2.05, 4.69) is 40.0 Å². The molecule has 1 aromatic carbocycles. The van der Waals surface area contributed by atoms with Gasteiger partial charge in [0.15, 0.2) is 0 Å². The topological polar surface area (TPSA) is 15.3 Å². The molecule has 1 saturated heterocycles. The van der Waals surface area contributed by atoms with E-state index in [9.17, 15) is 4.39 Å². The molecule has 1 aromatic rings. The van der Waals surface area contributed by atoms with Crippen LogP contribution in [0.2, 0.25) is 0 Å². The van der Waals surface area contributed by atoms with Gasteiger partial charge in [-0.15, -0.1) is 0 Å². The molecule has 0 bridgehead atoms. The molecule has 0 saturated carbocycles. The predicted octanol–water partition coefficient (Wildman–Crippen LogP) is 3.58. The Bertz CT molecular complexity index is 425. The van der Waals surface area contributed by atoms with Gasteiger partial charge in [-0.05, 0) is 72.5 Å². The van der Waals surface area contributed by atoms with Crippen molar-refractivity contribution >= 4 is 15.9 Å². The molecule has 106 valence electrons. The van der Waals surface area contributed by atoms with Crippen LogP contribution in [0.25, 0.3) is 0 Å². The second-order valence-electron chi connectivity index (χ2n) is 5.35. The van der Waals surface area contributed by atoms with Gasteiger partial charge in [-0.25, -0.2) is 4.39 Å². The quantitative estimate of drug-likeness (QED) is 0.888. The van der Waals surface area contributed by atoms with E-state index in [4.69, 9.17) is 0 Å². The molecule has 1 N–H and O–H groups in total. The van der Waals surface area contributed by atoms with Gasteiger partial charge in [0, 0.05) is 12.6 Å². The minimum Gasteiger partial charge on any atom is -0.310 e. The maximum atomic E-state index is 13.2. The van der Waals surface area contributed by atoms with Crippen LogP contribution in [-0.2, 0) is 0 Å². The minimum absolute atomic E-state index is 0.203. The summed E-state index contributed by atoms with van der Waals surface area (Å²) in [6, 6.07) is 5.49. The highest BCUT2D eigenvalue weighted by molar-refractivity contribution is 9.10. The van der Waals surface area contributed by atoms with Gasteiger partial charge in [0.25, 0.3) is 0 Å². The summed E-state index contributed by atoms with van der Waals surface area (Å²) in [5.74, 6) is 0.539. The molecule has 0 aromatic heterocycles. The SMILES string of the molecule is CCN1CCC(CNC(C)c2ccc(F)c(Br)c2)C1. The fourth-order valence-corrected chi connectivity index (χ4v) is 3.01. The maximum absolute atomic E-state index is 13.2. The van der Waals surface area contributed by atoms with Gasteiger partial charge >= 0.3 is 0 Å². The van der Waals surface area contributed by atoms with Crippen LogP contribution in [0.1, 0.15) is 31.9 Å². The minimum atomic E-state index is -0.203. The van der Waals surface area contributed by atoms with Crippen molar-refractivity contribution in [2.75, 3.05) is 26.2 Å². The fourth-order valence-electron chi connectivity index (χ4n) is 2.61. The van der Waals surface area contributed by atoms with Crippen molar-refractivity contribution in [1.82, 2.24) is 10.2 Å². The summed E-state index contributed by atoms with van der Waals surface area (Å²) in [7, 11) is 0. The average Bonchev–Trinajstić information content (AvgIpc) is 2.87. The van der Waals surface area contributed by atoms with Crippen LogP contribution >= 0.6 is 15.9 Å². The first-order valence-electron chi connectivity index (χ1n) is 7.00. The molecule has 0 aliphatic carbocycles. The van der Waals surface area contributed by atoms with Gasteiger partial charge < -0.3 is 10.2 Å². The van der Waals surface area contributed by atoms with Crippen molar-refractivity contribution in [1.29, 1.82) is 0 Å². The Balaban J connectivity index is 1.84. The molecule has 1 fully saturated rings. The number of nitrogens with one attached hydrogen (secondary N) is 1. The first-order valence-corrected chi connectivity index (χ1v) is 7.80.